The minimum atomic E-state index is -1.08. The van der Waals surface area contributed by atoms with Gasteiger partial charge in [-0.25, -0.2) is 4.79 Å². The van der Waals surface area contributed by atoms with Gasteiger partial charge in [0.2, 0.25) is 0 Å². The largest absolute Gasteiger partial charge is 0.476 e. The molecule has 0 spiro atoms. The van der Waals surface area contributed by atoms with Crippen LogP contribution in [0.1, 0.15) is 48.0 Å². The summed E-state index contributed by atoms with van der Waals surface area (Å²) in [5.41, 5.74) is 4.28. The Balaban J connectivity index is 2.55. The third kappa shape index (κ3) is 2.59. The summed E-state index contributed by atoms with van der Waals surface area (Å²) < 4.78 is 5.17. The molecule has 0 aliphatic carbocycles. The standard InChI is InChI=1S/C16H19NO3/c1-9-6-11(16(3,4)5)7-10(2)14(9)13-8-12(15(18)19)17-20-13/h6-8H,1-5H3,(H,18,19). The van der Waals surface area contributed by atoms with Crippen LogP contribution in [0.4, 0.5) is 0 Å². The van der Waals surface area contributed by atoms with Crippen molar-refractivity contribution in [1.82, 2.24) is 5.16 Å². The van der Waals surface area contributed by atoms with Crippen molar-refractivity contribution < 1.29 is 14.4 Å². The highest BCUT2D eigenvalue weighted by molar-refractivity contribution is 5.86. The Morgan fingerprint density at radius 3 is 2.10 bits per heavy atom. The zero-order chi connectivity index (χ0) is 15.1. The fourth-order valence-electron chi connectivity index (χ4n) is 2.28. The van der Waals surface area contributed by atoms with Crippen LogP contribution >= 0.6 is 0 Å². The number of hydrogen-bond donors (Lipinski definition) is 1. The normalized spacial score (nSPS) is 11.7. The van der Waals surface area contributed by atoms with E-state index in [1.807, 2.05) is 13.8 Å². The molecule has 1 N–H and O–H groups in total. The third-order valence-electron chi connectivity index (χ3n) is 3.37. The van der Waals surface area contributed by atoms with Gasteiger partial charge in [0.15, 0.2) is 11.5 Å². The summed E-state index contributed by atoms with van der Waals surface area (Å²) >= 11 is 0. The van der Waals surface area contributed by atoms with E-state index in [0.717, 1.165) is 16.7 Å². The van der Waals surface area contributed by atoms with E-state index in [9.17, 15) is 4.79 Å². The van der Waals surface area contributed by atoms with Gasteiger partial charge >= 0.3 is 5.97 Å². The number of carbonyl (C=O) groups is 1. The number of hydrogen-bond acceptors (Lipinski definition) is 3. The van der Waals surface area contributed by atoms with Crippen LogP contribution in [0.25, 0.3) is 11.3 Å². The molecule has 0 fully saturated rings. The first kappa shape index (κ1) is 14.3. The van der Waals surface area contributed by atoms with Crippen molar-refractivity contribution in [3.63, 3.8) is 0 Å². The second kappa shape index (κ2) is 4.78. The molecule has 0 unspecified atom stereocenters. The molecule has 2 aromatic rings. The van der Waals surface area contributed by atoms with E-state index in [1.165, 1.54) is 11.6 Å². The summed E-state index contributed by atoms with van der Waals surface area (Å²) in [6.45, 7) is 10.5. The highest BCUT2D eigenvalue weighted by Crippen LogP contribution is 2.32. The van der Waals surface area contributed by atoms with Gasteiger partial charge in [0.1, 0.15) is 0 Å². The van der Waals surface area contributed by atoms with Gasteiger partial charge in [-0.3, -0.25) is 0 Å². The topological polar surface area (TPSA) is 63.3 Å². The molecule has 0 saturated heterocycles. The number of carboxylic acid groups (broad SMARTS) is 1. The molecule has 0 bridgehead atoms. The molecule has 1 heterocycles. The maximum Gasteiger partial charge on any atom is 0.358 e. The highest BCUT2D eigenvalue weighted by Gasteiger charge is 2.19. The summed E-state index contributed by atoms with van der Waals surface area (Å²) in [5.74, 6) is -0.584. The van der Waals surface area contributed by atoms with Crippen LogP contribution in [0, 0.1) is 13.8 Å². The van der Waals surface area contributed by atoms with E-state index in [1.54, 1.807) is 0 Å². The number of aromatic carboxylic acids is 1. The minimum absolute atomic E-state index is 0.0707. The van der Waals surface area contributed by atoms with Crippen LogP contribution in [0.2, 0.25) is 0 Å². The molecular weight excluding hydrogens is 254 g/mol. The van der Waals surface area contributed by atoms with Gasteiger partial charge in [0.25, 0.3) is 0 Å². The summed E-state index contributed by atoms with van der Waals surface area (Å²) in [5, 5.41) is 12.5. The maximum absolute atomic E-state index is 10.9. The first-order valence-electron chi connectivity index (χ1n) is 6.52. The Kier molecular flexibility index (Phi) is 3.42. The van der Waals surface area contributed by atoms with Crippen LogP contribution in [0.15, 0.2) is 22.7 Å². The van der Waals surface area contributed by atoms with E-state index in [4.69, 9.17) is 9.63 Å². The number of benzene rings is 1. The fourth-order valence-corrected chi connectivity index (χ4v) is 2.28. The number of rotatable bonds is 2. The van der Waals surface area contributed by atoms with Gasteiger partial charge in [-0.05, 0) is 36.0 Å². The second-order valence-corrected chi connectivity index (χ2v) is 6.12. The molecule has 1 aromatic heterocycles. The van der Waals surface area contributed by atoms with Gasteiger partial charge in [-0.15, -0.1) is 0 Å². The molecule has 2 rings (SSSR count). The van der Waals surface area contributed by atoms with Crippen LogP contribution < -0.4 is 0 Å². The zero-order valence-electron chi connectivity index (χ0n) is 12.4. The SMILES string of the molecule is Cc1cc(C(C)(C)C)cc(C)c1-c1cc(C(=O)O)no1. The second-order valence-electron chi connectivity index (χ2n) is 6.12. The Hall–Kier alpha value is -2.10. The molecule has 4 heteroatoms. The van der Waals surface area contributed by atoms with E-state index >= 15 is 0 Å². The lowest BCUT2D eigenvalue weighted by Crippen LogP contribution is -2.12. The molecule has 4 nitrogen and oxygen atoms in total. The van der Waals surface area contributed by atoms with Crippen LogP contribution in [-0.2, 0) is 5.41 Å². The van der Waals surface area contributed by atoms with Gasteiger partial charge in [-0.1, -0.05) is 38.1 Å². The third-order valence-corrected chi connectivity index (χ3v) is 3.37. The number of nitrogens with zero attached hydrogens (tertiary/aromatic N) is 1. The molecule has 0 aliphatic heterocycles. The number of carboxylic acids is 1. The Morgan fingerprint density at radius 1 is 1.15 bits per heavy atom. The van der Waals surface area contributed by atoms with E-state index in [2.05, 4.69) is 38.1 Å². The van der Waals surface area contributed by atoms with Gasteiger partial charge in [0, 0.05) is 11.6 Å². The molecule has 0 radical (unpaired) electrons. The lowest BCUT2D eigenvalue weighted by Gasteiger charge is -2.21. The van der Waals surface area contributed by atoms with Crippen molar-refractivity contribution in [3.05, 3.63) is 40.6 Å². The Labute approximate surface area is 118 Å². The molecule has 0 amide bonds. The lowest BCUT2D eigenvalue weighted by atomic mass is 9.83. The van der Waals surface area contributed by atoms with E-state index in [0.29, 0.717) is 5.76 Å². The zero-order valence-corrected chi connectivity index (χ0v) is 12.4. The molecular formula is C16H19NO3. The van der Waals surface area contributed by atoms with Gasteiger partial charge in [-0.2, -0.15) is 0 Å². The van der Waals surface area contributed by atoms with E-state index in [-0.39, 0.29) is 11.1 Å². The lowest BCUT2D eigenvalue weighted by molar-refractivity contribution is 0.0686. The van der Waals surface area contributed by atoms with Crippen LogP contribution in [0.5, 0.6) is 0 Å². The summed E-state index contributed by atoms with van der Waals surface area (Å²) in [6, 6.07) is 5.70. The summed E-state index contributed by atoms with van der Waals surface area (Å²) in [4.78, 5) is 10.9. The first-order valence-corrected chi connectivity index (χ1v) is 6.52. The quantitative estimate of drug-likeness (QED) is 0.899. The van der Waals surface area contributed by atoms with Crippen LogP contribution in [0.3, 0.4) is 0 Å². The molecule has 0 atom stereocenters. The van der Waals surface area contributed by atoms with Crippen molar-refractivity contribution >= 4 is 5.97 Å². The van der Waals surface area contributed by atoms with Crippen LogP contribution in [-0.4, -0.2) is 16.2 Å². The maximum atomic E-state index is 10.9. The minimum Gasteiger partial charge on any atom is -0.476 e. The van der Waals surface area contributed by atoms with Crippen molar-refractivity contribution in [2.24, 2.45) is 0 Å². The monoisotopic (exact) mass is 273 g/mol. The predicted octanol–water partition coefficient (Wildman–Crippen LogP) is 3.95. The Bertz CT molecular complexity index is 640. The smallest absolute Gasteiger partial charge is 0.358 e. The van der Waals surface area contributed by atoms with E-state index < -0.39 is 5.97 Å². The summed E-state index contributed by atoms with van der Waals surface area (Å²) in [7, 11) is 0. The molecule has 0 aliphatic rings. The first-order chi connectivity index (χ1) is 9.20. The van der Waals surface area contributed by atoms with Gasteiger partial charge in [0.05, 0.1) is 0 Å². The number of aromatic nitrogens is 1. The molecule has 20 heavy (non-hydrogen) atoms. The average Bonchev–Trinajstić information content (AvgIpc) is 2.76. The average molecular weight is 273 g/mol. The molecule has 1 aromatic carbocycles. The Morgan fingerprint density at radius 2 is 1.70 bits per heavy atom. The van der Waals surface area contributed by atoms with Gasteiger partial charge < -0.3 is 9.63 Å². The van der Waals surface area contributed by atoms with Crippen molar-refractivity contribution in [2.75, 3.05) is 0 Å². The predicted molar refractivity (Wildman–Crippen MR) is 77.1 cm³/mol. The molecule has 106 valence electrons. The van der Waals surface area contributed by atoms with Crippen molar-refractivity contribution in [1.29, 1.82) is 0 Å². The number of aryl methyl sites for hydroxylation is 2. The van der Waals surface area contributed by atoms with Crippen molar-refractivity contribution in [3.8, 4) is 11.3 Å². The molecule has 0 saturated carbocycles. The summed E-state index contributed by atoms with van der Waals surface area (Å²) in [6.07, 6.45) is 0. The fraction of sp³-hybridized carbons (Fsp3) is 0.375. The highest BCUT2D eigenvalue weighted by atomic mass is 16.5. The van der Waals surface area contributed by atoms with Crippen molar-refractivity contribution in [2.45, 2.75) is 40.0 Å².